The second-order valence-electron chi connectivity index (χ2n) is 2.99. The van der Waals surface area contributed by atoms with Crippen LogP contribution in [0.25, 0.3) is 6.08 Å². The molecule has 1 aromatic rings. The average molecular weight is 191 g/mol. The molecule has 0 spiro atoms. The first-order valence-corrected chi connectivity index (χ1v) is 4.27. The van der Waals surface area contributed by atoms with Crippen molar-refractivity contribution in [3.63, 3.8) is 0 Å². The van der Waals surface area contributed by atoms with Crippen molar-refractivity contribution in [2.24, 2.45) is 0 Å². The SMILES string of the molecule is C=Cc1ccc(OCC(C)=O)cc1N. The minimum absolute atomic E-state index is 0.0173. The lowest BCUT2D eigenvalue weighted by molar-refractivity contribution is -0.118. The van der Waals surface area contributed by atoms with Gasteiger partial charge in [0.05, 0.1) is 0 Å². The fourth-order valence-corrected chi connectivity index (χ4v) is 1.01. The molecule has 0 radical (unpaired) electrons. The van der Waals surface area contributed by atoms with Gasteiger partial charge in [-0.2, -0.15) is 0 Å². The second-order valence-corrected chi connectivity index (χ2v) is 2.99. The highest BCUT2D eigenvalue weighted by Crippen LogP contribution is 2.20. The van der Waals surface area contributed by atoms with E-state index in [4.69, 9.17) is 10.5 Å². The normalized spacial score (nSPS) is 9.50. The average Bonchev–Trinajstić information content (AvgIpc) is 2.15. The van der Waals surface area contributed by atoms with Crippen molar-refractivity contribution in [2.75, 3.05) is 12.3 Å². The number of carbonyl (C=O) groups excluding carboxylic acids is 1. The summed E-state index contributed by atoms with van der Waals surface area (Å²) in [6, 6.07) is 5.24. The summed E-state index contributed by atoms with van der Waals surface area (Å²) in [6.07, 6.45) is 1.67. The predicted molar refractivity (Wildman–Crippen MR) is 57.1 cm³/mol. The van der Waals surface area contributed by atoms with Crippen molar-refractivity contribution in [3.8, 4) is 5.75 Å². The summed E-state index contributed by atoms with van der Waals surface area (Å²) >= 11 is 0. The van der Waals surface area contributed by atoms with Gasteiger partial charge >= 0.3 is 0 Å². The molecule has 3 nitrogen and oxygen atoms in total. The van der Waals surface area contributed by atoms with Gasteiger partial charge in [-0.3, -0.25) is 4.79 Å². The van der Waals surface area contributed by atoms with Crippen molar-refractivity contribution in [2.45, 2.75) is 6.92 Å². The number of anilines is 1. The molecule has 0 aromatic heterocycles. The number of hydrogen-bond donors (Lipinski definition) is 1. The lowest BCUT2D eigenvalue weighted by Crippen LogP contribution is -2.06. The van der Waals surface area contributed by atoms with Crippen molar-refractivity contribution < 1.29 is 9.53 Å². The van der Waals surface area contributed by atoms with Gasteiger partial charge in [0.1, 0.15) is 12.4 Å². The fourth-order valence-electron chi connectivity index (χ4n) is 1.01. The standard InChI is InChI=1S/C11H13NO2/c1-3-9-4-5-10(6-11(9)12)14-7-8(2)13/h3-6H,1,7,12H2,2H3. The number of ketones is 1. The van der Waals surface area contributed by atoms with E-state index in [1.54, 1.807) is 24.3 Å². The van der Waals surface area contributed by atoms with E-state index in [0.29, 0.717) is 11.4 Å². The summed E-state index contributed by atoms with van der Waals surface area (Å²) in [6.45, 7) is 5.17. The molecule has 0 heterocycles. The molecule has 74 valence electrons. The summed E-state index contributed by atoms with van der Waals surface area (Å²) < 4.78 is 5.18. The van der Waals surface area contributed by atoms with E-state index in [1.165, 1.54) is 6.92 Å². The van der Waals surface area contributed by atoms with Crippen LogP contribution in [0.1, 0.15) is 12.5 Å². The summed E-state index contributed by atoms with van der Waals surface area (Å²) in [4.78, 5) is 10.7. The maximum Gasteiger partial charge on any atom is 0.167 e. The van der Waals surface area contributed by atoms with Gasteiger partial charge in [-0.25, -0.2) is 0 Å². The van der Waals surface area contributed by atoms with Crippen molar-refractivity contribution in [1.29, 1.82) is 0 Å². The first kappa shape index (κ1) is 10.3. The Morgan fingerprint density at radius 1 is 1.64 bits per heavy atom. The lowest BCUT2D eigenvalue weighted by Gasteiger charge is -2.06. The topological polar surface area (TPSA) is 52.3 Å². The highest BCUT2D eigenvalue weighted by molar-refractivity contribution is 5.77. The number of nitrogen functional groups attached to an aromatic ring is 1. The first-order chi connectivity index (χ1) is 6.63. The Hall–Kier alpha value is -1.77. The largest absolute Gasteiger partial charge is 0.486 e. The molecule has 0 aliphatic heterocycles. The molecule has 1 aromatic carbocycles. The summed E-state index contributed by atoms with van der Waals surface area (Å²) in [5.74, 6) is 0.583. The number of benzene rings is 1. The molecule has 0 unspecified atom stereocenters. The van der Waals surface area contributed by atoms with Crippen LogP contribution in [0.15, 0.2) is 24.8 Å². The maximum absolute atomic E-state index is 10.7. The van der Waals surface area contributed by atoms with Crippen LogP contribution in [0.5, 0.6) is 5.75 Å². The van der Waals surface area contributed by atoms with Gasteiger partial charge in [-0.15, -0.1) is 0 Å². The zero-order valence-corrected chi connectivity index (χ0v) is 8.12. The third-order valence-electron chi connectivity index (χ3n) is 1.72. The minimum atomic E-state index is -0.0173. The molecule has 0 aliphatic carbocycles. The monoisotopic (exact) mass is 191 g/mol. The Morgan fingerprint density at radius 2 is 2.36 bits per heavy atom. The quantitative estimate of drug-likeness (QED) is 0.739. The van der Waals surface area contributed by atoms with Crippen molar-refractivity contribution in [3.05, 3.63) is 30.3 Å². The second kappa shape index (κ2) is 4.46. The van der Waals surface area contributed by atoms with Crippen LogP contribution in [0.2, 0.25) is 0 Å². The molecule has 0 saturated carbocycles. The van der Waals surface area contributed by atoms with Crippen LogP contribution < -0.4 is 10.5 Å². The number of rotatable bonds is 4. The fraction of sp³-hybridized carbons (Fsp3) is 0.182. The highest BCUT2D eigenvalue weighted by Gasteiger charge is 1.99. The van der Waals surface area contributed by atoms with E-state index in [9.17, 15) is 4.79 Å². The van der Waals surface area contributed by atoms with E-state index >= 15 is 0 Å². The molecule has 0 amide bonds. The molecular formula is C11H13NO2. The van der Waals surface area contributed by atoms with Gasteiger partial charge in [0.2, 0.25) is 0 Å². The number of hydrogen-bond acceptors (Lipinski definition) is 3. The third kappa shape index (κ3) is 2.62. The summed E-state index contributed by atoms with van der Waals surface area (Å²) in [7, 11) is 0. The summed E-state index contributed by atoms with van der Waals surface area (Å²) in [5.41, 5.74) is 7.16. The van der Waals surface area contributed by atoms with Crippen LogP contribution in [-0.4, -0.2) is 12.4 Å². The van der Waals surface area contributed by atoms with E-state index < -0.39 is 0 Å². The van der Waals surface area contributed by atoms with E-state index in [1.807, 2.05) is 0 Å². The minimum Gasteiger partial charge on any atom is -0.486 e. The molecule has 14 heavy (non-hydrogen) atoms. The Morgan fingerprint density at radius 3 is 2.86 bits per heavy atom. The molecule has 0 fully saturated rings. The number of ether oxygens (including phenoxy) is 1. The molecular weight excluding hydrogens is 178 g/mol. The maximum atomic E-state index is 10.7. The Labute approximate surface area is 83.2 Å². The predicted octanol–water partition coefficient (Wildman–Crippen LogP) is 1.88. The molecule has 2 N–H and O–H groups in total. The number of Topliss-reactive ketones (excluding diaryl/α,β-unsaturated/α-hetero) is 1. The number of nitrogens with two attached hydrogens (primary N) is 1. The first-order valence-electron chi connectivity index (χ1n) is 4.27. The molecule has 3 heteroatoms. The summed E-state index contributed by atoms with van der Waals surface area (Å²) in [5, 5.41) is 0. The van der Waals surface area contributed by atoms with Gasteiger partial charge in [0.25, 0.3) is 0 Å². The molecule has 0 atom stereocenters. The third-order valence-corrected chi connectivity index (χ3v) is 1.72. The Bertz CT molecular complexity index is 358. The smallest absolute Gasteiger partial charge is 0.167 e. The van der Waals surface area contributed by atoms with E-state index in [0.717, 1.165) is 5.56 Å². The van der Waals surface area contributed by atoms with Crippen LogP contribution >= 0.6 is 0 Å². The molecule has 1 rings (SSSR count). The van der Waals surface area contributed by atoms with Crippen LogP contribution in [0, 0.1) is 0 Å². The van der Waals surface area contributed by atoms with Gasteiger partial charge < -0.3 is 10.5 Å². The van der Waals surface area contributed by atoms with Crippen molar-refractivity contribution in [1.82, 2.24) is 0 Å². The lowest BCUT2D eigenvalue weighted by atomic mass is 10.2. The highest BCUT2D eigenvalue weighted by atomic mass is 16.5. The Kier molecular flexibility index (Phi) is 3.29. The van der Waals surface area contributed by atoms with Crippen LogP contribution in [-0.2, 0) is 4.79 Å². The van der Waals surface area contributed by atoms with Gasteiger partial charge in [0, 0.05) is 11.8 Å². The molecule has 0 saturated heterocycles. The van der Waals surface area contributed by atoms with Crippen molar-refractivity contribution >= 4 is 17.5 Å². The van der Waals surface area contributed by atoms with Crippen LogP contribution in [0.4, 0.5) is 5.69 Å². The van der Waals surface area contributed by atoms with E-state index in [2.05, 4.69) is 6.58 Å². The van der Waals surface area contributed by atoms with E-state index in [-0.39, 0.29) is 12.4 Å². The molecule has 0 bridgehead atoms. The zero-order chi connectivity index (χ0) is 10.6. The van der Waals surface area contributed by atoms with Gasteiger partial charge in [-0.05, 0) is 24.6 Å². The van der Waals surface area contributed by atoms with Gasteiger partial charge in [-0.1, -0.05) is 12.7 Å². The molecule has 0 aliphatic rings. The Balaban J connectivity index is 2.76. The van der Waals surface area contributed by atoms with Crippen LogP contribution in [0.3, 0.4) is 0 Å². The zero-order valence-electron chi connectivity index (χ0n) is 8.12. The van der Waals surface area contributed by atoms with Gasteiger partial charge in [0.15, 0.2) is 5.78 Å². The number of carbonyl (C=O) groups is 1.